The second-order valence-electron chi connectivity index (χ2n) is 16.0. The van der Waals surface area contributed by atoms with Crippen LogP contribution in [0, 0.1) is 5.41 Å². The van der Waals surface area contributed by atoms with Gasteiger partial charge in [-0.25, -0.2) is 0 Å². The van der Waals surface area contributed by atoms with Crippen molar-refractivity contribution in [2.24, 2.45) is 5.41 Å². The summed E-state index contributed by atoms with van der Waals surface area (Å²) in [6.45, 7) is 6.89. The summed E-state index contributed by atoms with van der Waals surface area (Å²) in [4.78, 5) is 14.3. The zero-order valence-electron chi connectivity index (χ0n) is 34.8. The molecule has 4 heteroatoms. The molecule has 51 heavy (non-hydrogen) atoms. The smallest absolute Gasteiger partial charge is 0.313 e. The van der Waals surface area contributed by atoms with E-state index in [9.17, 15) is 4.79 Å². The van der Waals surface area contributed by atoms with Crippen molar-refractivity contribution in [3.63, 3.8) is 0 Å². The van der Waals surface area contributed by atoms with E-state index >= 15 is 0 Å². The van der Waals surface area contributed by atoms with Gasteiger partial charge in [-0.2, -0.15) is 9.90 Å². The number of carbonyl (C=O) groups excluding carboxylic acids is 1. The van der Waals surface area contributed by atoms with Crippen molar-refractivity contribution >= 4 is 31.8 Å². The molecule has 1 rings (SSSR count). The third-order valence-corrected chi connectivity index (χ3v) is 13.1. The molecule has 1 aromatic carbocycles. The van der Waals surface area contributed by atoms with Crippen molar-refractivity contribution in [2.45, 2.75) is 243 Å². The molecule has 0 bridgehead atoms. The van der Waals surface area contributed by atoms with Crippen molar-refractivity contribution in [1.29, 1.82) is 0 Å². The van der Waals surface area contributed by atoms with Crippen LogP contribution in [0.3, 0.4) is 0 Å². The number of benzene rings is 1. The van der Waals surface area contributed by atoms with E-state index in [1.807, 2.05) is 0 Å². The van der Waals surface area contributed by atoms with Gasteiger partial charge in [0.1, 0.15) is 0 Å². The number of esters is 1. The maximum Gasteiger partial charge on any atom is 0.313 e. The third kappa shape index (κ3) is 23.9. The zero-order valence-corrected chi connectivity index (χ0v) is 37.8. The molecule has 0 heterocycles. The van der Waals surface area contributed by atoms with Gasteiger partial charge in [-0.05, 0) is 31.2 Å². The Hall–Kier alpha value is -0.400. The van der Waals surface area contributed by atoms with Crippen LogP contribution in [-0.4, -0.2) is 17.4 Å². The topological polar surface area (TPSA) is 26.3 Å². The van der Waals surface area contributed by atoms with Crippen LogP contribution in [0.5, 0.6) is 0 Å². The Morgan fingerprint density at radius 3 is 1.10 bits per heavy atom. The number of hydrogen-bond donors (Lipinski definition) is 0. The van der Waals surface area contributed by atoms with E-state index in [-0.39, 0.29) is 20.2 Å². The molecule has 2 atom stereocenters. The summed E-state index contributed by atoms with van der Waals surface area (Å²) in [5.41, 5.74) is 0.710. The van der Waals surface area contributed by atoms with Gasteiger partial charge in [0.05, 0.1) is 12.5 Å². The Balaban J connectivity index is 0.0000250. The van der Waals surface area contributed by atoms with Crippen LogP contribution in [0.15, 0.2) is 30.3 Å². The summed E-state index contributed by atoms with van der Waals surface area (Å²) < 4.78 is 5.56. The van der Waals surface area contributed by atoms with Crippen LogP contribution >= 0.6 is 25.8 Å². The number of hydrogen-bond acceptors (Lipinski definition) is 2. The Morgan fingerprint density at radius 2 is 0.784 bits per heavy atom. The molecule has 0 fully saturated rings. The molecule has 0 aliphatic carbocycles. The van der Waals surface area contributed by atoms with Crippen molar-refractivity contribution in [3.05, 3.63) is 35.9 Å². The molecule has 0 aliphatic heterocycles. The maximum absolute atomic E-state index is 14.3. The standard InChI is InChI=1S/C47H85BrO2.H3P/c1-5-8-11-14-17-20-23-26-29-35-40-46(45(49)50-4,43-44-38-33-32-34-39-44)47(48,41-36-30-27-24-21-18-15-12-9-6-2)42-37-31-28-25-22-19-16-13-10-7-3;/h32-34,38-39H,5-31,35-37,40-43H2,1-4H3;1H3. The average Bonchev–Trinajstić information content (AvgIpc) is 3.13. The first-order chi connectivity index (χ1) is 24.5. The van der Waals surface area contributed by atoms with Gasteiger partial charge in [0, 0.05) is 4.32 Å². The Labute approximate surface area is 331 Å². The van der Waals surface area contributed by atoms with E-state index in [1.54, 1.807) is 7.11 Å². The van der Waals surface area contributed by atoms with Gasteiger partial charge in [-0.3, -0.25) is 4.79 Å². The summed E-state index contributed by atoms with van der Waals surface area (Å²) in [6.07, 6.45) is 43.7. The minimum absolute atomic E-state index is 0. The zero-order chi connectivity index (χ0) is 36.4. The lowest BCUT2D eigenvalue weighted by atomic mass is 9.64. The van der Waals surface area contributed by atoms with Crippen molar-refractivity contribution < 1.29 is 9.53 Å². The lowest BCUT2D eigenvalue weighted by molar-refractivity contribution is -0.156. The Kier molecular flexibility index (Phi) is 35.0. The first kappa shape index (κ1) is 50.6. The third-order valence-electron chi connectivity index (χ3n) is 11.6. The summed E-state index contributed by atoms with van der Waals surface area (Å²) in [6, 6.07) is 10.8. The molecule has 2 nitrogen and oxygen atoms in total. The molecule has 0 aliphatic rings. The van der Waals surface area contributed by atoms with Crippen LogP contribution in [0.2, 0.25) is 0 Å². The molecular weight excluding hydrogens is 707 g/mol. The molecular formula is C47H88BrO2P. The molecule has 300 valence electrons. The van der Waals surface area contributed by atoms with Crippen molar-refractivity contribution in [3.8, 4) is 0 Å². The highest BCUT2D eigenvalue weighted by Gasteiger charge is 2.54. The van der Waals surface area contributed by atoms with E-state index in [2.05, 4.69) is 67.0 Å². The van der Waals surface area contributed by atoms with Crippen LogP contribution in [0.25, 0.3) is 0 Å². The largest absolute Gasteiger partial charge is 0.469 e. The summed E-state index contributed by atoms with van der Waals surface area (Å²) in [5, 5.41) is 0. The predicted molar refractivity (Wildman–Crippen MR) is 237 cm³/mol. The number of alkyl halides is 1. The molecule has 0 radical (unpaired) electrons. The first-order valence-corrected chi connectivity index (χ1v) is 23.1. The highest BCUT2D eigenvalue weighted by Crippen LogP contribution is 2.52. The Bertz CT molecular complexity index is 852. The number of carbonyl (C=O) groups is 1. The number of halogens is 1. The number of rotatable bonds is 37. The second kappa shape index (κ2) is 35.3. The molecule has 0 aromatic heterocycles. The fraction of sp³-hybridized carbons (Fsp3) is 0.851. The van der Waals surface area contributed by atoms with Crippen molar-refractivity contribution in [1.82, 2.24) is 0 Å². The van der Waals surface area contributed by atoms with Crippen molar-refractivity contribution in [2.75, 3.05) is 7.11 Å². The maximum atomic E-state index is 14.3. The Morgan fingerprint density at radius 1 is 0.490 bits per heavy atom. The minimum atomic E-state index is -0.554. The fourth-order valence-corrected chi connectivity index (χ4v) is 9.33. The van der Waals surface area contributed by atoms with Gasteiger partial charge in [0.15, 0.2) is 0 Å². The average molecular weight is 796 g/mol. The van der Waals surface area contributed by atoms with E-state index in [0.29, 0.717) is 0 Å². The van der Waals surface area contributed by atoms with Gasteiger partial charge >= 0.3 is 5.97 Å². The fourth-order valence-electron chi connectivity index (χ4n) is 8.27. The molecule has 0 amide bonds. The summed E-state index contributed by atoms with van der Waals surface area (Å²) >= 11 is 4.47. The SMILES string of the molecule is CCCCCCCCCCCCC(Br)(CCCCCCCCCCCC)C(CCCCCCCCCCCC)(Cc1ccccc1)C(=O)OC.P. The van der Waals surface area contributed by atoms with Crippen LogP contribution in [0.1, 0.15) is 238 Å². The van der Waals surface area contributed by atoms with Crippen LogP contribution in [0.4, 0.5) is 0 Å². The van der Waals surface area contributed by atoms with E-state index in [4.69, 9.17) is 4.74 Å². The minimum Gasteiger partial charge on any atom is -0.469 e. The van der Waals surface area contributed by atoms with Gasteiger partial charge in [0.2, 0.25) is 0 Å². The highest BCUT2D eigenvalue weighted by atomic mass is 79.9. The predicted octanol–water partition coefficient (Wildman–Crippen LogP) is 16.5. The quantitative estimate of drug-likeness (QED) is 0.0290. The van der Waals surface area contributed by atoms with Gasteiger partial charge in [-0.15, -0.1) is 0 Å². The molecule has 0 spiro atoms. The summed E-state index contributed by atoms with van der Waals surface area (Å²) in [7, 11) is 1.63. The normalized spacial score (nSPS) is 12.8. The van der Waals surface area contributed by atoms with Crippen LogP contribution < -0.4 is 0 Å². The molecule has 1 aromatic rings. The number of ether oxygens (including phenoxy) is 1. The molecule has 0 saturated heterocycles. The highest BCUT2D eigenvalue weighted by molar-refractivity contribution is 9.10. The molecule has 2 unspecified atom stereocenters. The molecule has 0 N–H and O–H groups in total. The van der Waals surface area contributed by atoms with Gasteiger partial charge < -0.3 is 4.74 Å². The lowest BCUT2D eigenvalue weighted by Gasteiger charge is -2.46. The van der Waals surface area contributed by atoms with Gasteiger partial charge in [-0.1, -0.05) is 260 Å². The van der Waals surface area contributed by atoms with E-state index in [0.717, 1.165) is 32.1 Å². The number of methoxy groups -OCH3 is 1. The monoisotopic (exact) mass is 795 g/mol. The first-order valence-electron chi connectivity index (χ1n) is 22.3. The summed E-state index contributed by atoms with van der Waals surface area (Å²) in [5.74, 6) is 0.00770. The second-order valence-corrected chi connectivity index (χ2v) is 17.5. The lowest BCUT2D eigenvalue weighted by Crippen LogP contribution is -2.51. The number of unbranched alkanes of at least 4 members (excludes halogenated alkanes) is 27. The van der Waals surface area contributed by atoms with Crippen LogP contribution in [-0.2, 0) is 16.0 Å². The van der Waals surface area contributed by atoms with E-state index < -0.39 is 5.41 Å². The van der Waals surface area contributed by atoms with E-state index in [1.165, 1.54) is 192 Å². The van der Waals surface area contributed by atoms with Gasteiger partial charge in [0.25, 0.3) is 0 Å². The molecule has 0 saturated carbocycles.